The van der Waals surface area contributed by atoms with Crippen molar-refractivity contribution in [3.63, 3.8) is 0 Å². The molecule has 0 bridgehead atoms. The maximum Gasteiger partial charge on any atom is 0.269 e. The summed E-state index contributed by atoms with van der Waals surface area (Å²) in [5.74, 6) is 1.12. The molecule has 0 aliphatic carbocycles. The first-order chi connectivity index (χ1) is 12.5. The van der Waals surface area contributed by atoms with Crippen molar-refractivity contribution >= 4 is 17.7 Å². The Bertz CT molecular complexity index is 846. The smallest absolute Gasteiger partial charge is 0.269 e. The van der Waals surface area contributed by atoms with Crippen LogP contribution in [0, 0.1) is 10.1 Å². The minimum atomic E-state index is -0.463. The molecule has 0 radical (unpaired) electrons. The van der Waals surface area contributed by atoms with E-state index in [1.165, 1.54) is 18.2 Å². The van der Waals surface area contributed by atoms with E-state index in [0.29, 0.717) is 30.3 Å². The summed E-state index contributed by atoms with van der Waals surface area (Å²) in [6.07, 6.45) is 3.01. The molecule has 1 aliphatic rings. The number of hydrogen-bond acceptors (Lipinski definition) is 5. The number of nitrogens with zero attached hydrogens (tertiary/aromatic N) is 1. The van der Waals surface area contributed by atoms with E-state index in [0.717, 1.165) is 5.56 Å². The van der Waals surface area contributed by atoms with Crippen molar-refractivity contribution in [2.24, 2.45) is 0 Å². The van der Waals surface area contributed by atoms with Gasteiger partial charge in [0.1, 0.15) is 13.2 Å². The van der Waals surface area contributed by atoms with Gasteiger partial charge in [0.2, 0.25) is 5.91 Å². The molecule has 0 aromatic heterocycles. The van der Waals surface area contributed by atoms with E-state index in [1.807, 2.05) is 25.1 Å². The van der Waals surface area contributed by atoms with Crippen molar-refractivity contribution < 1.29 is 19.2 Å². The number of nitro benzene ring substituents is 1. The Balaban J connectivity index is 1.61. The van der Waals surface area contributed by atoms with Gasteiger partial charge in [-0.15, -0.1) is 0 Å². The maximum atomic E-state index is 12.1. The number of carbonyl (C=O) groups excluding carboxylic acids is 1. The second-order valence-corrected chi connectivity index (χ2v) is 5.82. The Hall–Kier alpha value is -3.35. The zero-order chi connectivity index (χ0) is 18.5. The summed E-state index contributed by atoms with van der Waals surface area (Å²) in [7, 11) is 0. The molecule has 7 heteroatoms. The Morgan fingerprint density at radius 3 is 2.54 bits per heavy atom. The van der Waals surface area contributed by atoms with E-state index in [9.17, 15) is 14.9 Å². The first kappa shape index (κ1) is 17.5. The van der Waals surface area contributed by atoms with Crippen LogP contribution in [0.3, 0.4) is 0 Å². The number of fused-ring (bicyclic) bond motifs is 1. The molecular formula is C19H18N2O5. The van der Waals surface area contributed by atoms with Gasteiger partial charge in [-0.1, -0.05) is 6.07 Å². The predicted molar refractivity (Wildman–Crippen MR) is 96.1 cm³/mol. The van der Waals surface area contributed by atoms with Crippen LogP contribution in [0.5, 0.6) is 11.5 Å². The van der Waals surface area contributed by atoms with Crippen molar-refractivity contribution in [3.8, 4) is 11.5 Å². The largest absolute Gasteiger partial charge is 0.486 e. The third-order valence-electron chi connectivity index (χ3n) is 3.96. The minimum Gasteiger partial charge on any atom is -0.486 e. The molecule has 2 aromatic carbocycles. The fraction of sp³-hybridized carbons (Fsp3) is 0.211. The number of amides is 1. The van der Waals surface area contributed by atoms with E-state index in [4.69, 9.17) is 9.47 Å². The third-order valence-corrected chi connectivity index (χ3v) is 3.96. The number of rotatable bonds is 5. The average molecular weight is 354 g/mol. The standard InChI is InChI=1S/C19H18N2O5/c1-13(15-5-8-17-18(12-15)26-11-10-25-17)20-19(22)9-4-14-2-6-16(7-3-14)21(23)24/h2-9,12-13H,10-11H2,1H3,(H,20,22)/b9-4+. The quantitative estimate of drug-likeness (QED) is 0.506. The number of nitro groups is 1. The highest BCUT2D eigenvalue weighted by Crippen LogP contribution is 2.32. The second-order valence-electron chi connectivity index (χ2n) is 5.82. The van der Waals surface area contributed by atoms with Crippen LogP contribution in [0.1, 0.15) is 24.1 Å². The molecule has 1 aliphatic heterocycles. The van der Waals surface area contributed by atoms with E-state index in [1.54, 1.807) is 18.2 Å². The average Bonchev–Trinajstić information content (AvgIpc) is 2.66. The Morgan fingerprint density at radius 2 is 1.85 bits per heavy atom. The number of ether oxygens (including phenoxy) is 2. The fourth-order valence-electron chi connectivity index (χ4n) is 2.55. The summed E-state index contributed by atoms with van der Waals surface area (Å²) in [5.41, 5.74) is 1.63. The predicted octanol–water partition coefficient (Wildman–Crippen LogP) is 3.26. The number of benzene rings is 2. The van der Waals surface area contributed by atoms with Gasteiger partial charge in [0.05, 0.1) is 11.0 Å². The monoisotopic (exact) mass is 354 g/mol. The number of nitrogens with one attached hydrogen (secondary N) is 1. The Kier molecular flexibility index (Phi) is 5.17. The SMILES string of the molecule is CC(NC(=O)/C=C/c1ccc([N+](=O)[O-])cc1)c1ccc2c(c1)OCCO2. The van der Waals surface area contributed by atoms with Crippen LogP contribution in [0.15, 0.2) is 48.5 Å². The van der Waals surface area contributed by atoms with Gasteiger partial charge in [-0.05, 0) is 48.4 Å². The van der Waals surface area contributed by atoms with Crippen molar-refractivity contribution in [3.05, 3.63) is 69.8 Å². The van der Waals surface area contributed by atoms with Crippen molar-refractivity contribution in [2.45, 2.75) is 13.0 Å². The van der Waals surface area contributed by atoms with Gasteiger partial charge in [-0.2, -0.15) is 0 Å². The molecule has 26 heavy (non-hydrogen) atoms. The van der Waals surface area contributed by atoms with Gasteiger partial charge in [-0.3, -0.25) is 14.9 Å². The molecule has 3 rings (SSSR count). The lowest BCUT2D eigenvalue weighted by molar-refractivity contribution is -0.384. The highest BCUT2D eigenvalue weighted by atomic mass is 16.6. The Morgan fingerprint density at radius 1 is 1.15 bits per heavy atom. The van der Waals surface area contributed by atoms with Crippen LogP contribution in [0.2, 0.25) is 0 Å². The normalized spacial score (nSPS) is 14.0. The fourth-order valence-corrected chi connectivity index (χ4v) is 2.55. The van der Waals surface area contributed by atoms with Crippen LogP contribution in [-0.2, 0) is 4.79 Å². The molecule has 0 spiro atoms. The lowest BCUT2D eigenvalue weighted by Gasteiger charge is -2.20. The molecule has 1 atom stereocenters. The number of carbonyl (C=O) groups is 1. The highest BCUT2D eigenvalue weighted by molar-refractivity contribution is 5.92. The summed E-state index contributed by atoms with van der Waals surface area (Å²) >= 11 is 0. The van der Waals surface area contributed by atoms with Gasteiger partial charge in [0.25, 0.3) is 5.69 Å². The molecule has 1 amide bonds. The molecule has 134 valence electrons. The summed E-state index contributed by atoms with van der Waals surface area (Å²) in [6, 6.07) is 11.3. The molecule has 1 N–H and O–H groups in total. The zero-order valence-electron chi connectivity index (χ0n) is 14.2. The first-order valence-corrected chi connectivity index (χ1v) is 8.15. The molecule has 1 heterocycles. The minimum absolute atomic E-state index is 0.0128. The summed E-state index contributed by atoms with van der Waals surface area (Å²) in [6.45, 7) is 2.92. The lowest BCUT2D eigenvalue weighted by Crippen LogP contribution is -2.25. The van der Waals surface area contributed by atoms with Crippen LogP contribution >= 0.6 is 0 Å². The van der Waals surface area contributed by atoms with Crippen molar-refractivity contribution in [1.29, 1.82) is 0 Å². The lowest BCUT2D eigenvalue weighted by atomic mass is 10.1. The van der Waals surface area contributed by atoms with Crippen LogP contribution < -0.4 is 14.8 Å². The molecule has 0 saturated heterocycles. The molecule has 0 fully saturated rings. The molecule has 2 aromatic rings. The molecule has 0 saturated carbocycles. The number of non-ortho nitro benzene ring substituents is 1. The van der Waals surface area contributed by atoms with Gasteiger partial charge in [-0.25, -0.2) is 0 Å². The second kappa shape index (κ2) is 7.69. The van der Waals surface area contributed by atoms with Crippen LogP contribution in [0.25, 0.3) is 6.08 Å². The Labute approximate surface area is 150 Å². The molecular weight excluding hydrogens is 336 g/mol. The summed E-state index contributed by atoms with van der Waals surface area (Å²) in [4.78, 5) is 22.3. The van der Waals surface area contributed by atoms with Crippen molar-refractivity contribution in [1.82, 2.24) is 5.32 Å². The zero-order valence-corrected chi connectivity index (χ0v) is 14.2. The third kappa shape index (κ3) is 4.18. The number of hydrogen-bond donors (Lipinski definition) is 1. The van der Waals surface area contributed by atoms with E-state index < -0.39 is 4.92 Å². The highest BCUT2D eigenvalue weighted by Gasteiger charge is 2.15. The van der Waals surface area contributed by atoms with Gasteiger partial charge in [0, 0.05) is 18.2 Å². The summed E-state index contributed by atoms with van der Waals surface area (Å²) < 4.78 is 11.0. The van der Waals surface area contributed by atoms with Crippen molar-refractivity contribution in [2.75, 3.05) is 13.2 Å². The van der Waals surface area contributed by atoms with Gasteiger partial charge >= 0.3 is 0 Å². The van der Waals surface area contributed by atoms with Crippen LogP contribution in [-0.4, -0.2) is 24.0 Å². The summed E-state index contributed by atoms with van der Waals surface area (Å²) in [5, 5.41) is 13.5. The maximum absolute atomic E-state index is 12.1. The van der Waals surface area contributed by atoms with E-state index in [2.05, 4.69) is 5.32 Å². The van der Waals surface area contributed by atoms with Gasteiger partial charge < -0.3 is 14.8 Å². The molecule has 7 nitrogen and oxygen atoms in total. The topological polar surface area (TPSA) is 90.7 Å². The first-order valence-electron chi connectivity index (χ1n) is 8.15. The van der Waals surface area contributed by atoms with Gasteiger partial charge in [0.15, 0.2) is 11.5 Å². The van der Waals surface area contributed by atoms with E-state index in [-0.39, 0.29) is 17.6 Å². The van der Waals surface area contributed by atoms with E-state index >= 15 is 0 Å². The molecule has 1 unspecified atom stereocenters. The van der Waals surface area contributed by atoms with Crippen LogP contribution in [0.4, 0.5) is 5.69 Å².